The van der Waals surface area contributed by atoms with Crippen molar-refractivity contribution < 1.29 is 19.1 Å². The molecule has 3 heterocycles. The van der Waals surface area contributed by atoms with Crippen LogP contribution in [0.15, 0.2) is 30.3 Å². The summed E-state index contributed by atoms with van der Waals surface area (Å²) in [6.07, 6.45) is 4.25. The van der Waals surface area contributed by atoms with Gasteiger partial charge in [-0.15, -0.1) is 0 Å². The van der Waals surface area contributed by atoms with Gasteiger partial charge in [-0.2, -0.15) is 0 Å². The summed E-state index contributed by atoms with van der Waals surface area (Å²) in [5.41, 5.74) is 1.41. The number of likely N-dealkylation sites (tertiary alicyclic amines) is 2. The standard InChI is InChI=1S/C24H33N3O4/c1-30-23(29)18-13-27(14-18)22(28)15-26-9-7-24(8-10-26)12-19(16-31-24)25-21-11-20(21)17-5-3-2-4-6-17/h2-6,18-21,25H,7-16H2,1H3/t19?,20-,21+/m0/s1. The van der Waals surface area contributed by atoms with E-state index in [1.807, 2.05) is 0 Å². The Morgan fingerprint density at radius 2 is 1.94 bits per heavy atom. The summed E-state index contributed by atoms with van der Waals surface area (Å²) in [4.78, 5) is 28.0. The molecule has 7 heteroatoms. The Labute approximate surface area is 184 Å². The van der Waals surface area contributed by atoms with E-state index in [2.05, 4.69) is 40.5 Å². The number of amides is 1. The normalized spacial score (nSPS) is 30.2. The number of piperidine rings is 1. The zero-order valence-electron chi connectivity index (χ0n) is 18.3. The molecule has 1 N–H and O–H groups in total. The molecule has 1 spiro atoms. The first-order valence-electron chi connectivity index (χ1n) is 11.6. The van der Waals surface area contributed by atoms with Gasteiger partial charge in [0, 0.05) is 44.2 Å². The van der Waals surface area contributed by atoms with Crippen molar-refractivity contribution in [2.45, 2.75) is 49.3 Å². The van der Waals surface area contributed by atoms with Crippen molar-refractivity contribution in [3.63, 3.8) is 0 Å². The van der Waals surface area contributed by atoms with Crippen molar-refractivity contribution in [1.82, 2.24) is 15.1 Å². The molecule has 4 fully saturated rings. The molecule has 0 bridgehead atoms. The predicted molar refractivity (Wildman–Crippen MR) is 116 cm³/mol. The molecule has 5 rings (SSSR count). The zero-order chi connectivity index (χ0) is 21.4. The molecule has 1 unspecified atom stereocenters. The van der Waals surface area contributed by atoms with Crippen LogP contribution in [0.4, 0.5) is 0 Å². The first-order chi connectivity index (χ1) is 15.0. The summed E-state index contributed by atoms with van der Waals surface area (Å²) in [6, 6.07) is 11.8. The van der Waals surface area contributed by atoms with Crippen LogP contribution in [-0.2, 0) is 19.1 Å². The average Bonchev–Trinajstić information content (AvgIpc) is 3.41. The van der Waals surface area contributed by atoms with Gasteiger partial charge in [-0.1, -0.05) is 30.3 Å². The molecule has 1 aromatic carbocycles. The molecule has 3 atom stereocenters. The second-order valence-electron chi connectivity index (χ2n) is 9.72. The van der Waals surface area contributed by atoms with Crippen molar-refractivity contribution in [2.75, 3.05) is 46.4 Å². The lowest BCUT2D eigenvalue weighted by Crippen LogP contribution is -2.56. The van der Waals surface area contributed by atoms with Crippen LogP contribution in [0.25, 0.3) is 0 Å². The minimum atomic E-state index is -0.216. The molecule has 7 nitrogen and oxygen atoms in total. The number of nitrogens with zero attached hydrogens (tertiary/aromatic N) is 2. The molecule has 3 aliphatic heterocycles. The number of carbonyl (C=O) groups excluding carboxylic acids is 2. The van der Waals surface area contributed by atoms with E-state index in [-0.39, 0.29) is 23.4 Å². The lowest BCUT2D eigenvalue weighted by molar-refractivity contribution is -0.156. The van der Waals surface area contributed by atoms with Crippen LogP contribution in [0.3, 0.4) is 0 Å². The van der Waals surface area contributed by atoms with Crippen molar-refractivity contribution >= 4 is 11.9 Å². The van der Waals surface area contributed by atoms with Gasteiger partial charge in [0.25, 0.3) is 0 Å². The Balaban J connectivity index is 1.03. The van der Waals surface area contributed by atoms with Crippen LogP contribution in [0.2, 0.25) is 0 Å². The first kappa shape index (κ1) is 20.9. The molecule has 1 aromatic rings. The summed E-state index contributed by atoms with van der Waals surface area (Å²) in [5, 5.41) is 3.83. The fourth-order valence-corrected chi connectivity index (χ4v) is 5.46. The highest BCUT2D eigenvalue weighted by molar-refractivity contribution is 5.82. The number of carbonyl (C=O) groups is 2. The van der Waals surface area contributed by atoms with Crippen LogP contribution >= 0.6 is 0 Å². The second kappa shape index (κ2) is 8.52. The summed E-state index contributed by atoms with van der Waals surface area (Å²) in [5.74, 6) is 0.393. The van der Waals surface area contributed by atoms with Crippen LogP contribution in [0.5, 0.6) is 0 Å². The van der Waals surface area contributed by atoms with Gasteiger partial charge >= 0.3 is 5.97 Å². The molecular weight excluding hydrogens is 394 g/mol. The Morgan fingerprint density at radius 3 is 2.65 bits per heavy atom. The van der Waals surface area contributed by atoms with Crippen LogP contribution in [0.1, 0.15) is 37.2 Å². The molecular formula is C24H33N3O4. The predicted octanol–water partition coefficient (Wildman–Crippen LogP) is 1.39. The lowest BCUT2D eigenvalue weighted by atomic mass is 9.87. The Hall–Kier alpha value is -1.96. The number of benzene rings is 1. The van der Waals surface area contributed by atoms with E-state index in [0.717, 1.165) is 39.0 Å². The molecule has 1 saturated carbocycles. The van der Waals surface area contributed by atoms with Crippen molar-refractivity contribution in [3.8, 4) is 0 Å². The van der Waals surface area contributed by atoms with E-state index >= 15 is 0 Å². The van der Waals surface area contributed by atoms with E-state index in [9.17, 15) is 9.59 Å². The number of esters is 1. The van der Waals surface area contributed by atoms with Gasteiger partial charge in [0.05, 0.1) is 31.8 Å². The number of ether oxygens (including phenoxy) is 2. The molecule has 168 valence electrons. The van der Waals surface area contributed by atoms with Crippen molar-refractivity contribution in [3.05, 3.63) is 35.9 Å². The second-order valence-corrected chi connectivity index (χ2v) is 9.72. The molecule has 0 aromatic heterocycles. The molecule has 0 radical (unpaired) electrons. The Kier molecular flexibility index (Phi) is 5.75. The van der Waals surface area contributed by atoms with E-state index < -0.39 is 0 Å². The third kappa shape index (κ3) is 4.49. The molecule has 1 aliphatic carbocycles. The third-order valence-electron chi connectivity index (χ3n) is 7.57. The fraction of sp³-hybridized carbons (Fsp3) is 0.667. The quantitative estimate of drug-likeness (QED) is 0.692. The SMILES string of the molecule is COC(=O)C1CN(C(=O)CN2CCC3(CC2)CC(N[C@@H]2C[C@H]2c2ccccc2)CO3)C1. The van der Waals surface area contributed by atoms with Gasteiger partial charge in [-0.3, -0.25) is 14.5 Å². The minimum absolute atomic E-state index is 0.0267. The largest absolute Gasteiger partial charge is 0.469 e. The number of rotatable bonds is 6. The van der Waals surface area contributed by atoms with E-state index in [1.54, 1.807) is 4.90 Å². The lowest BCUT2D eigenvalue weighted by Gasteiger charge is -2.41. The molecule has 31 heavy (non-hydrogen) atoms. The van der Waals surface area contributed by atoms with Gasteiger partial charge in [0.1, 0.15) is 0 Å². The van der Waals surface area contributed by atoms with Gasteiger partial charge < -0.3 is 19.7 Å². The highest BCUT2D eigenvalue weighted by atomic mass is 16.5. The Morgan fingerprint density at radius 1 is 1.19 bits per heavy atom. The Bertz CT molecular complexity index is 802. The number of hydrogen-bond acceptors (Lipinski definition) is 6. The van der Waals surface area contributed by atoms with Crippen molar-refractivity contribution in [1.29, 1.82) is 0 Å². The molecule has 4 aliphatic rings. The summed E-state index contributed by atoms with van der Waals surface area (Å²) >= 11 is 0. The maximum atomic E-state index is 12.5. The van der Waals surface area contributed by atoms with Crippen LogP contribution in [-0.4, -0.2) is 85.8 Å². The number of methoxy groups -OCH3 is 1. The van der Waals surface area contributed by atoms with Gasteiger partial charge in [-0.25, -0.2) is 0 Å². The molecule has 1 amide bonds. The first-order valence-corrected chi connectivity index (χ1v) is 11.6. The number of nitrogens with one attached hydrogen (secondary N) is 1. The third-order valence-corrected chi connectivity index (χ3v) is 7.57. The highest BCUT2D eigenvalue weighted by Crippen LogP contribution is 2.43. The summed E-state index contributed by atoms with van der Waals surface area (Å²) in [6.45, 7) is 3.99. The average molecular weight is 428 g/mol. The van der Waals surface area contributed by atoms with Crippen LogP contribution < -0.4 is 5.32 Å². The number of hydrogen-bond donors (Lipinski definition) is 1. The molecule has 3 saturated heterocycles. The van der Waals surface area contributed by atoms with Crippen molar-refractivity contribution in [2.24, 2.45) is 5.92 Å². The summed E-state index contributed by atoms with van der Waals surface area (Å²) in [7, 11) is 1.40. The maximum Gasteiger partial charge on any atom is 0.312 e. The van der Waals surface area contributed by atoms with Gasteiger partial charge in [-0.05, 0) is 31.2 Å². The van der Waals surface area contributed by atoms with Crippen LogP contribution in [0, 0.1) is 5.92 Å². The van der Waals surface area contributed by atoms with Gasteiger partial charge in [0.2, 0.25) is 5.91 Å². The van der Waals surface area contributed by atoms with E-state index in [1.165, 1.54) is 19.1 Å². The highest BCUT2D eigenvalue weighted by Gasteiger charge is 2.46. The zero-order valence-corrected chi connectivity index (χ0v) is 18.3. The van der Waals surface area contributed by atoms with E-state index in [0.29, 0.717) is 37.6 Å². The van der Waals surface area contributed by atoms with Gasteiger partial charge in [0.15, 0.2) is 0 Å². The monoisotopic (exact) mass is 427 g/mol. The maximum absolute atomic E-state index is 12.5. The van der Waals surface area contributed by atoms with E-state index in [4.69, 9.17) is 9.47 Å². The minimum Gasteiger partial charge on any atom is -0.469 e. The summed E-state index contributed by atoms with van der Waals surface area (Å²) < 4.78 is 11.1. The fourth-order valence-electron chi connectivity index (χ4n) is 5.46. The topological polar surface area (TPSA) is 71.1 Å². The smallest absolute Gasteiger partial charge is 0.312 e.